The van der Waals surface area contributed by atoms with Crippen LogP contribution in [0, 0.1) is 11.3 Å². The lowest BCUT2D eigenvalue weighted by molar-refractivity contribution is -0.114. The van der Waals surface area contributed by atoms with Crippen LogP contribution in [0.2, 0.25) is 15.2 Å². The third kappa shape index (κ3) is 7.15. The van der Waals surface area contributed by atoms with Crippen LogP contribution < -0.4 is 15.5 Å². The van der Waals surface area contributed by atoms with Gasteiger partial charge in [0, 0.05) is 11.6 Å². The van der Waals surface area contributed by atoms with E-state index in [1.165, 1.54) is 38.1 Å². The molecule has 0 spiro atoms. The van der Waals surface area contributed by atoms with Gasteiger partial charge in [0.2, 0.25) is 11.6 Å². The highest BCUT2D eigenvalue weighted by atomic mass is 35.5. The first-order chi connectivity index (χ1) is 15.5. The number of carbonyl (C=O) groups excluding carboxylic acids is 2. The molecule has 2 N–H and O–H groups in total. The van der Waals surface area contributed by atoms with Crippen LogP contribution in [-0.4, -0.2) is 34.5 Å². The number of nitrogens with one attached hydrogen (secondary N) is 2. The Bertz CT molecular complexity index is 1120. The minimum absolute atomic E-state index is 0.00695. The summed E-state index contributed by atoms with van der Waals surface area (Å²) in [5.41, 5.74) is 0.199. The second-order valence-electron chi connectivity index (χ2n) is 6.59. The van der Waals surface area contributed by atoms with Crippen LogP contribution in [0.4, 0.5) is 14.9 Å². The summed E-state index contributed by atoms with van der Waals surface area (Å²) < 4.78 is 24.4. The molecule has 0 radical (unpaired) electrons. The predicted molar refractivity (Wildman–Crippen MR) is 120 cm³/mol. The van der Waals surface area contributed by atoms with Crippen molar-refractivity contribution < 1.29 is 23.5 Å². The van der Waals surface area contributed by atoms with E-state index in [-0.39, 0.29) is 44.7 Å². The number of rotatable bonds is 7. The van der Waals surface area contributed by atoms with Crippen molar-refractivity contribution in [1.29, 1.82) is 5.26 Å². The van der Waals surface area contributed by atoms with Gasteiger partial charge in [-0.05, 0) is 32.9 Å². The van der Waals surface area contributed by atoms with Gasteiger partial charge in [0.25, 0.3) is 5.91 Å². The molecule has 2 amide bonds. The fraction of sp³-hybridized carbons (Fsp3) is 0.263. The number of amides is 2. The Morgan fingerprint density at radius 3 is 2.39 bits per heavy atom. The number of nitrogens with zero attached hydrogens (tertiary/aromatic N) is 4. The predicted octanol–water partition coefficient (Wildman–Crippen LogP) is 5.00. The highest BCUT2D eigenvalue weighted by molar-refractivity contribution is 6.47. The van der Waals surface area contributed by atoms with Gasteiger partial charge < -0.3 is 9.47 Å². The molecule has 0 unspecified atom stereocenters. The number of alkyl carbamates (subject to hydrolysis) is 1. The molecule has 0 aliphatic rings. The van der Waals surface area contributed by atoms with Crippen molar-refractivity contribution in [3.8, 4) is 17.7 Å². The van der Waals surface area contributed by atoms with E-state index in [4.69, 9.17) is 44.8 Å². The topological polar surface area (TPSA) is 139 Å². The van der Waals surface area contributed by atoms with E-state index in [0.717, 1.165) is 0 Å². The van der Waals surface area contributed by atoms with Crippen molar-refractivity contribution in [3.63, 3.8) is 0 Å². The lowest BCUT2D eigenvalue weighted by Crippen LogP contribution is -2.36. The summed E-state index contributed by atoms with van der Waals surface area (Å²) in [5, 5.41) is 21.8. The zero-order valence-corrected chi connectivity index (χ0v) is 19.6. The number of hydrogen-bond donors (Lipinski definition) is 2. The largest absolute Gasteiger partial charge is 0.450 e. The Kier molecular flexibility index (Phi) is 8.76. The maximum atomic E-state index is 14.3. The fourth-order valence-electron chi connectivity index (χ4n) is 2.22. The molecule has 0 saturated carbocycles. The van der Waals surface area contributed by atoms with E-state index in [2.05, 4.69) is 25.5 Å². The first kappa shape index (κ1) is 26.1. The lowest BCUT2D eigenvalue weighted by atomic mass is 10.0. The SMILES string of the molecule is CCOC(=O)NC(=O)/C(C#N)=N/Nc1cc(Cl)c(Oc2cc(C(C)(C)F)c(Cl)nn2)c(Cl)c1. The number of anilines is 1. The Labute approximate surface area is 202 Å². The molecule has 0 saturated heterocycles. The molecule has 1 heterocycles. The number of alkyl halides is 1. The van der Waals surface area contributed by atoms with E-state index in [1.807, 2.05) is 5.32 Å². The number of imide groups is 1. The average molecular weight is 518 g/mol. The van der Waals surface area contributed by atoms with Gasteiger partial charge in [-0.1, -0.05) is 34.8 Å². The van der Waals surface area contributed by atoms with Crippen LogP contribution in [0.25, 0.3) is 0 Å². The van der Waals surface area contributed by atoms with E-state index in [1.54, 1.807) is 6.92 Å². The van der Waals surface area contributed by atoms with Crippen LogP contribution in [-0.2, 0) is 15.2 Å². The Morgan fingerprint density at radius 1 is 1.21 bits per heavy atom. The summed E-state index contributed by atoms with van der Waals surface area (Å²) in [4.78, 5) is 23.2. The number of carbonyl (C=O) groups is 2. The minimum Gasteiger partial charge on any atom is -0.450 e. The van der Waals surface area contributed by atoms with Gasteiger partial charge in [-0.25, -0.2) is 9.18 Å². The van der Waals surface area contributed by atoms with Gasteiger partial charge in [0.15, 0.2) is 10.9 Å². The Morgan fingerprint density at radius 2 is 1.85 bits per heavy atom. The molecule has 0 bridgehead atoms. The van der Waals surface area contributed by atoms with E-state index >= 15 is 0 Å². The number of hydrogen-bond acceptors (Lipinski definition) is 9. The molecule has 10 nitrogen and oxygen atoms in total. The monoisotopic (exact) mass is 516 g/mol. The Balaban J connectivity index is 2.22. The first-order valence-corrected chi connectivity index (χ1v) is 10.2. The van der Waals surface area contributed by atoms with Crippen molar-refractivity contribution in [1.82, 2.24) is 15.5 Å². The second-order valence-corrected chi connectivity index (χ2v) is 7.76. The van der Waals surface area contributed by atoms with Gasteiger partial charge in [-0.3, -0.25) is 15.5 Å². The standard InChI is InChI=1S/C19H16Cl3FN6O4/c1-4-32-18(31)25-17(30)13(8-24)27-26-9-5-11(20)15(12(21)6-9)33-14-7-10(19(2,3)23)16(22)29-28-14/h5-7,26H,4H2,1-3H3,(H,25,30,31)/b27-13+. The van der Waals surface area contributed by atoms with Crippen LogP contribution >= 0.6 is 34.8 Å². The zero-order valence-electron chi connectivity index (χ0n) is 17.4. The molecule has 0 atom stereocenters. The van der Waals surface area contributed by atoms with Crippen molar-refractivity contribution in [2.45, 2.75) is 26.4 Å². The molecule has 14 heteroatoms. The summed E-state index contributed by atoms with van der Waals surface area (Å²) in [7, 11) is 0. The van der Waals surface area contributed by atoms with Crippen molar-refractivity contribution in [2.75, 3.05) is 12.0 Å². The third-order valence-corrected chi connectivity index (χ3v) is 4.52. The molecule has 174 valence electrons. The van der Waals surface area contributed by atoms with E-state index in [9.17, 15) is 14.0 Å². The molecule has 0 aliphatic heterocycles. The summed E-state index contributed by atoms with van der Waals surface area (Å²) in [6.07, 6.45) is -1.03. The summed E-state index contributed by atoms with van der Waals surface area (Å²) >= 11 is 18.3. The van der Waals surface area contributed by atoms with Crippen LogP contribution in [0.1, 0.15) is 26.3 Å². The van der Waals surface area contributed by atoms with Crippen molar-refractivity contribution in [3.05, 3.63) is 39.0 Å². The fourth-order valence-corrected chi connectivity index (χ4v) is 3.10. The van der Waals surface area contributed by atoms with E-state index < -0.39 is 23.4 Å². The molecule has 1 aromatic heterocycles. The molecule has 2 aromatic rings. The third-order valence-electron chi connectivity index (χ3n) is 3.68. The van der Waals surface area contributed by atoms with Gasteiger partial charge in [-0.15, -0.1) is 10.2 Å². The highest BCUT2D eigenvalue weighted by Crippen LogP contribution is 2.39. The normalized spacial score (nSPS) is 11.4. The Hall–Kier alpha value is -3.20. The number of halogens is 4. The number of ether oxygens (including phenoxy) is 2. The summed E-state index contributed by atoms with van der Waals surface area (Å²) in [6.45, 7) is 4.18. The number of nitriles is 1. The first-order valence-electron chi connectivity index (χ1n) is 9.07. The smallest absolute Gasteiger partial charge is 0.414 e. The molecule has 1 aromatic carbocycles. The second kappa shape index (κ2) is 11.1. The quantitative estimate of drug-likeness (QED) is 0.386. The van der Waals surface area contributed by atoms with E-state index in [0.29, 0.717) is 0 Å². The molecule has 0 aliphatic carbocycles. The van der Waals surface area contributed by atoms with Crippen molar-refractivity contribution >= 4 is 58.2 Å². The number of aromatic nitrogens is 2. The van der Waals surface area contributed by atoms with Crippen LogP contribution in [0.3, 0.4) is 0 Å². The molecule has 33 heavy (non-hydrogen) atoms. The number of benzene rings is 1. The average Bonchev–Trinajstić information content (AvgIpc) is 2.71. The van der Waals surface area contributed by atoms with Gasteiger partial charge in [0.1, 0.15) is 11.7 Å². The lowest BCUT2D eigenvalue weighted by Gasteiger charge is -2.16. The van der Waals surface area contributed by atoms with Gasteiger partial charge in [0.05, 0.1) is 22.3 Å². The maximum Gasteiger partial charge on any atom is 0.414 e. The van der Waals surface area contributed by atoms with Crippen LogP contribution in [0.15, 0.2) is 23.3 Å². The molecular weight excluding hydrogens is 502 g/mol. The van der Waals surface area contributed by atoms with Gasteiger partial charge >= 0.3 is 6.09 Å². The van der Waals surface area contributed by atoms with Crippen molar-refractivity contribution in [2.24, 2.45) is 5.10 Å². The summed E-state index contributed by atoms with van der Waals surface area (Å²) in [5.74, 6) is -1.20. The molecular formula is C19H16Cl3FN6O4. The maximum absolute atomic E-state index is 14.3. The highest BCUT2D eigenvalue weighted by Gasteiger charge is 2.25. The van der Waals surface area contributed by atoms with Gasteiger partial charge in [-0.2, -0.15) is 10.4 Å². The van der Waals surface area contributed by atoms with Crippen LogP contribution in [0.5, 0.6) is 11.6 Å². The zero-order chi connectivity index (χ0) is 24.8. The summed E-state index contributed by atoms with van der Waals surface area (Å²) in [6, 6.07) is 5.45. The number of hydrazone groups is 1. The molecule has 0 fully saturated rings. The minimum atomic E-state index is -1.80. The molecule has 2 rings (SSSR count).